The van der Waals surface area contributed by atoms with Crippen LogP contribution in [0.4, 0.5) is 15.8 Å². The molecule has 3 rings (SSSR count). The minimum Gasteiger partial charge on any atom is -0.333 e. The van der Waals surface area contributed by atoms with Crippen molar-refractivity contribution in [2.24, 2.45) is 0 Å². The Balaban J connectivity index is 1.91. The van der Waals surface area contributed by atoms with Gasteiger partial charge in [-0.25, -0.2) is 19.0 Å². The van der Waals surface area contributed by atoms with E-state index in [0.29, 0.717) is 17.8 Å². The summed E-state index contributed by atoms with van der Waals surface area (Å²) in [5.74, 6) is 0. The number of nitriles is 1. The molecule has 0 aliphatic heterocycles. The molecule has 7 nitrogen and oxygen atoms in total. The monoisotopic (exact) mass is 323 g/mol. The SMILES string of the molecule is N#Cc1ccc(N(Cc2cn(CCF)nn2)c2cncnc2)cc1. The third-order valence-corrected chi connectivity index (χ3v) is 3.39. The standard InChI is InChI=1S/C16H14FN7/c17-5-6-23-10-14(21-22-23)11-24(16-8-19-12-20-9-16)15-3-1-13(7-18)2-4-15/h1-4,8-10,12H,5-6,11H2. The summed E-state index contributed by atoms with van der Waals surface area (Å²) in [6, 6.07) is 9.27. The van der Waals surface area contributed by atoms with Gasteiger partial charge in [0.1, 0.15) is 18.7 Å². The Morgan fingerprint density at radius 3 is 2.54 bits per heavy atom. The van der Waals surface area contributed by atoms with Gasteiger partial charge in [-0.05, 0) is 24.3 Å². The molecule has 0 N–H and O–H groups in total. The van der Waals surface area contributed by atoms with Gasteiger partial charge in [0.2, 0.25) is 0 Å². The summed E-state index contributed by atoms with van der Waals surface area (Å²) in [4.78, 5) is 10.0. The maximum absolute atomic E-state index is 12.4. The van der Waals surface area contributed by atoms with Crippen LogP contribution in [-0.4, -0.2) is 31.6 Å². The van der Waals surface area contributed by atoms with Crippen LogP contribution in [0.3, 0.4) is 0 Å². The minimum absolute atomic E-state index is 0.179. The summed E-state index contributed by atoms with van der Waals surface area (Å²) in [5, 5.41) is 16.9. The number of anilines is 2. The van der Waals surface area contributed by atoms with E-state index in [2.05, 4.69) is 26.3 Å². The van der Waals surface area contributed by atoms with Crippen molar-refractivity contribution in [1.82, 2.24) is 25.0 Å². The van der Waals surface area contributed by atoms with Crippen molar-refractivity contribution in [3.8, 4) is 6.07 Å². The Morgan fingerprint density at radius 2 is 1.88 bits per heavy atom. The zero-order valence-electron chi connectivity index (χ0n) is 12.7. The molecule has 0 amide bonds. The number of alkyl halides is 1. The van der Waals surface area contributed by atoms with Gasteiger partial charge in [-0.3, -0.25) is 0 Å². The van der Waals surface area contributed by atoms with Crippen LogP contribution in [0.15, 0.2) is 49.2 Å². The fourth-order valence-corrected chi connectivity index (χ4v) is 2.25. The number of hydrogen-bond donors (Lipinski definition) is 0. The van der Waals surface area contributed by atoms with E-state index in [9.17, 15) is 4.39 Å². The minimum atomic E-state index is -0.491. The van der Waals surface area contributed by atoms with Crippen LogP contribution in [0.2, 0.25) is 0 Å². The first-order valence-corrected chi connectivity index (χ1v) is 7.28. The van der Waals surface area contributed by atoms with Gasteiger partial charge in [-0.2, -0.15) is 5.26 Å². The number of aryl methyl sites for hydroxylation is 1. The largest absolute Gasteiger partial charge is 0.333 e. The molecule has 120 valence electrons. The van der Waals surface area contributed by atoms with Crippen LogP contribution in [0, 0.1) is 11.3 Å². The van der Waals surface area contributed by atoms with Crippen molar-refractivity contribution in [3.05, 3.63) is 60.4 Å². The Bertz CT molecular complexity index is 824. The van der Waals surface area contributed by atoms with E-state index in [4.69, 9.17) is 5.26 Å². The second kappa shape index (κ2) is 7.28. The second-order valence-electron chi connectivity index (χ2n) is 5.00. The maximum Gasteiger partial charge on any atom is 0.115 e. The van der Waals surface area contributed by atoms with E-state index in [1.165, 1.54) is 11.0 Å². The third-order valence-electron chi connectivity index (χ3n) is 3.39. The molecule has 0 atom stereocenters. The normalized spacial score (nSPS) is 10.3. The van der Waals surface area contributed by atoms with Crippen molar-refractivity contribution in [3.63, 3.8) is 0 Å². The van der Waals surface area contributed by atoms with Gasteiger partial charge in [0.15, 0.2) is 0 Å². The van der Waals surface area contributed by atoms with Crippen LogP contribution < -0.4 is 4.90 Å². The Labute approximate surface area is 138 Å². The Hall–Kier alpha value is -3.34. The van der Waals surface area contributed by atoms with Crippen LogP contribution in [0.1, 0.15) is 11.3 Å². The third kappa shape index (κ3) is 3.52. The highest BCUT2D eigenvalue weighted by Gasteiger charge is 2.13. The molecule has 3 aromatic rings. The molecule has 1 aromatic carbocycles. The molecule has 0 aliphatic rings. The first kappa shape index (κ1) is 15.6. The molecule has 24 heavy (non-hydrogen) atoms. The lowest BCUT2D eigenvalue weighted by atomic mass is 10.2. The van der Waals surface area contributed by atoms with Gasteiger partial charge in [-0.1, -0.05) is 5.21 Å². The fraction of sp³-hybridized carbons (Fsp3) is 0.188. The molecule has 0 fully saturated rings. The number of rotatable bonds is 6. The van der Waals surface area contributed by atoms with E-state index in [0.717, 1.165) is 11.4 Å². The summed E-state index contributed by atoms with van der Waals surface area (Å²) in [6.07, 6.45) is 6.55. The summed E-state index contributed by atoms with van der Waals surface area (Å²) in [6.45, 7) is 0.110. The average molecular weight is 323 g/mol. The summed E-state index contributed by atoms with van der Waals surface area (Å²) in [7, 11) is 0. The van der Waals surface area contributed by atoms with Crippen LogP contribution in [-0.2, 0) is 13.1 Å². The topological polar surface area (TPSA) is 83.5 Å². The summed E-state index contributed by atoms with van der Waals surface area (Å²) in [5.41, 5.74) is 2.92. The fourth-order valence-electron chi connectivity index (χ4n) is 2.25. The van der Waals surface area contributed by atoms with Gasteiger partial charge in [0.25, 0.3) is 0 Å². The lowest BCUT2D eigenvalue weighted by molar-refractivity contribution is 0.422. The van der Waals surface area contributed by atoms with Gasteiger partial charge < -0.3 is 4.90 Å². The van der Waals surface area contributed by atoms with E-state index in [1.54, 1.807) is 30.7 Å². The van der Waals surface area contributed by atoms with E-state index < -0.39 is 6.67 Å². The molecule has 2 heterocycles. The quantitative estimate of drug-likeness (QED) is 0.692. The zero-order valence-corrected chi connectivity index (χ0v) is 12.7. The molecular formula is C16H14FN7. The van der Waals surface area contributed by atoms with Gasteiger partial charge in [-0.15, -0.1) is 5.10 Å². The van der Waals surface area contributed by atoms with E-state index in [-0.39, 0.29) is 6.54 Å². The molecule has 0 radical (unpaired) electrons. The predicted octanol–water partition coefficient (Wildman–Crippen LogP) is 2.25. The molecule has 0 unspecified atom stereocenters. The Kier molecular flexibility index (Phi) is 4.72. The molecule has 0 bridgehead atoms. The smallest absolute Gasteiger partial charge is 0.115 e. The van der Waals surface area contributed by atoms with Gasteiger partial charge in [0.05, 0.1) is 49.0 Å². The summed E-state index contributed by atoms with van der Waals surface area (Å²) >= 11 is 0. The zero-order chi connectivity index (χ0) is 16.8. The molecule has 0 saturated carbocycles. The highest BCUT2D eigenvalue weighted by atomic mass is 19.1. The predicted molar refractivity (Wildman–Crippen MR) is 85.0 cm³/mol. The van der Waals surface area contributed by atoms with Crippen LogP contribution in [0.25, 0.3) is 0 Å². The Morgan fingerprint density at radius 1 is 1.12 bits per heavy atom. The molecule has 2 aromatic heterocycles. The lowest BCUT2D eigenvalue weighted by Crippen LogP contribution is -2.17. The van der Waals surface area contributed by atoms with Crippen LogP contribution in [0.5, 0.6) is 0 Å². The number of benzene rings is 1. The molecule has 8 heteroatoms. The average Bonchev–Trinajstić information content (AvgIpc) is 3.08. The lowest BCUT2D eigenvalue weighted by Gasteiger charge is -2.23. The van der Waals surface area contributed by atoms with E-state index in [1.807, 2.05) is 17.0 Å². The number of halogens is 1. The molecule has 0 spiro atoms. The van der Waals surface area contributed by atoms with E-state index >= 15 is 0 Å². The van der Waals surface area contributed by atoms with Crippen molar-refractivity contribution < 1.29 is 4.39 Å². The molecule has 0 aliphatic carbocycles. The number of aromatic nitrogens is 5. The summed E-state index contributed by atoms with van der Waals surface area (Å²) < 4.78 is 13.9. The van der Waals surface area contributed by atoms with Crippen LogP contribution >= 0.6 is 0 Å². The molecule has 0 saturated heterocycles. The highest BCUT2D eigenvalue weighted by molar-refractivity contribution is 5.62. The van der Waals surface area contributed by atoms with Crippen molar-refractivity contribution in [2.75, 3.05) is 11.6 Å². The van der Waals surface area contributed by atoms with Crippen molar-refractivity contribution >= 4 is 11.4 Å². The number of hydrogen-bond acceptors (Lipinski definition) is 6. The van der Waals surface area contributed by atoms with Gasteiger partial charge >= 0.3 is 0 Å². The van der Waals surface area contributed by atoms with Crippen molar-refractivity contribution in [1.29, 1.82) is 5.26 Å². The molecular weight excluding hydrogens is 309 g/mol. The van der Waals surface area contributed by atoms with Crippen molar-refractivity contribution in [2.45, 2.75) is 13.1 Å². The first-order chi connectivity index (χ1) is 11.8. The second-order valence-corrected chi connectivity index (χ2v) is 5.00. The van der Waals surface area contributed by atoms with Gasteiger partial charge in [0, 0.05) is 5.69 Å². The first-order valence-electron chi connectivity index (χ1n) is 7.28. The highest BCUT2D eigenvalue weighted by Crippen LogP contribution is 2.26. The number of nitrogens with zero attached hydrogens (tertiary/aromatic N) is 7. The maximum atomic E-state index is 12.4.